The summed E-state index contributed by atoms with van der Waals surface area (Å²) < 4.78 is 1.13. The van der Waals surface area contributed by atoms with Crippen LogP contribution in [0.1, 0.15) is 31.2 Å². The van der Waals surface area contributed by atoms with Gasteiger partial charge in [0, 0.05) is 16.0 Å². The minimum atomic E-state index is 0.804. The van der Waals surface area contributed by atoms with Crippen LogP contribution in [0.4, 0.5) is 0 Å². The van der Waals surface area contributed by atoms with E-state index in [1.165, 1.54) is 31.2 Å². The number of hydrogen-bond acceptors (Lipinski definition) is 1. The molecule has 1 N–H and O–H groups in total. The molecule has 1 aliphatic carbocycles. The van der Waals surface area contributed by atoms with Gasteiger partial charge in [0.05, 0.1) is 0 Å². The molecule has 2 rings (SSSR count). The van der Waals surface area contributed by atoms with Gasteiger partial charge in [0.15, 0.2) is 0 Å². The van der Waals surface area contributed by atoms with E-state index in [0.717, 1.165) is 28.5 Å². The fourth-order valence-corrected chi connectivity index (χ4v) is 2.41. The minimum absolute atomic E-state index is 0.804. The van der Waals surface area contributed by atoms with Crippen LogP contribution in [0.2, 0.25) is 5.02 Å². The van der Waals surface area contributed by atoms with E-state index in [4.69, 9.17) is 11.6 Å². The quantitative estimate of drug-likeness (QED) is 0.769. The van der Waals surface area contributed by atoms with Gasteiger partial charge in [-0.25, -0.2) is 0 Å². The Morgan fingerprint density at radius 1 is 1.38 bits per heavy atom. The Morgan fingerprint density at radius 2 is 2.19 bits per heavy atom. The van der Waals surface area contributed by atoms with Crippen molar-refractivity contribution in [2.75, 3.05) is 6.54 Å². The summed E-state index contributed by atoms with van der Waals surface area (Å²) in [5, 5.41) is 4.27. The highest BCUT2D eigenvalue weighted by molar-refractivity contribution is 9.10. The SMILES string of the molecule is Clc1ccc(Br)c(CNCCCC2CC2)c1. The van der Waals surface area contributed by atoms with Crippen molar-refractivity contribution in [3.8, 4) is 0 Å². The van der Waals surface area contributed by atoms with Gasteiger partial charge in [-0.15, -0.1) is 0 Å². The van der Waals surface area contributed by atoms with Gasteiger partial charge in [0.1, 0.15) is 0 Å². The lowest BCUT2D eigenvalue weighted by Crippen LogP contribution is -2.15. The first kappa shape index (κ1) is 12.4. The summed E-state index contributed by atoms with van der Waals surface area (Å²) in [6.45, 7) is 2.00. The molecule has 88 valence electrons. The Balaban J connectivity index is 1.69. The van der Waals surface area contributed by atoms with Gasteiger partial charge in [-0.3, -0.25) is 0 Å². The maximum atomic E-state index is 5.96. The number of halogens is 2. The maximum Gasteiger partial charge on any atom is 0.0410 e. The first-order chi connectivity index (χ1) is 7.75. The summed E-state index contributed by atoms with van der Waals surface area (Å²) in [7, 11) is 0. The highest BCUT2D eigenvalue weighted by Crippen LogP contribution is 2.33. The standard InChI is InChI=1S/C13H17BrClN/c14-13-6-5-12(15)8-11(13)9-16-7-1-2-10-3-4-10/h5-6,8,10,16H,1-4,7,9H2. The number of benzene rings is 1. The van der Waals surface area contributed by atoms with Crippen LogP contribution in [0, 0.1) is 5.92 Å². The van der Waals surface area contributed by atoms with Crippen LogP contribution < -0.4 is 5.32 Å². The van der Waals surface area contributed by atoms with E-state index in [-0.39, 0.29) is 0 Å². The molecule has 16 heavy (non-hydrogen) atoms. The second-order valence-corrected chi connectivity index (χ2v) is 5.79. The molecule has 0 heterocycles. The zero-order chi connectivity index (χ0) is 11.4. The van der Waals surface area contributed by atoms with Gasteiger partial charge < -0.3 is 5.32 Å². The largest absolute Gasteiger partial charge is 0.313 e. The summed E-state index contributed by atoms with van der Waals surface area (Å²) >= 11 is 9.49. The third-order valence-corrected chi connectivity index (χ3v) is 3.99. The molecule has 0 aromatic heterocycles. The molecule has 1 nitrogen and oxygen atoms in total. The number of rotatable bonds is 6. The highest BCUT2D eigenvalue weighted by Gasteiger charge is 2.19. The molecule has 1 aromatic rings. The van der Waals surface area contributed by atoms with Crippen molar-refractivity contribution in [1.29, 1.82) is 0 Å². The van der Waals surface area contributed by atoms with Crippen LogP contribution in [0.5, 0.6) is 0 Å². The third kappa shape index (κ3) is 4.08. The Hall–Kier alpha value is -0.0500. The molecule has 0 amide bonds. The van der Waals surface area contributed by atoms with Crippen molar-refractivity contribution in [1.82, 2.24) is 5.32 Å². The zero-order valence-corrected chi connectivity index (χ0v) is 11.6. The molecule has 0 atom stereocenters. The lowest BCUT2D eigenvalue weighted by atomic mass is 10.2. The highest BCUT2D eigenvalue weighted by atomic mass is 79.9. The van der Waals surface area contributed by atoms with Gasteiger partial charge in [-0.05, 0) is 49.1 Å². The summed E-state index contributed by atoms with van der Waals surface area (Å²) in [6.07, 6.45) is 5.60. The number of nitrogens with one attached hydrogen (secondary N) is 1. The first-order valence-electron chi connectivity index (χ1n) is 5.90. The Bertz CT molecular complexity index is 350. The van der Waals surface area contributed by atoms with E-state index >= 15 is 0 Å². The lowest BCUT2D eigenvalue weighted by molar-refractivity contribution is 0.593. The predicted octanol–water partition coefficient (Wildman–Crippen LogP) is 4.38. The second-order valence-electron chi connectivity index (χ2n) is 4.50. The van der Waals surface area contributed by atoms with Gasteiger partial charge >= 0.3 is 0 Å². The maximum absolute atomic E-state index is 5.96. The fourth-order valence-electron chi connectivity index (χ4n) is 1.82. The molecular weight excluding hydrogens is 286 g/mol. The Kier molecular flexibility index (Phi) is 4.68. The topological polar surface area (TPSA) is 12.0 Å². The van der Waals surface area contributed by atoms with E-state index < -0.39 is 0 Å². The van der Waals surface area contributed by atoms with Crippen LogP contribution in [0.25, 0.3) is 0 Å². The molecule has 3 heteroatoms. The van der Waals surface area contributed by atoms with Crippen molar-refractivity contribution >= 4 is 27.5 Å². The zero-order valence-electron chi connectivity index (χ0n) is 9.31. The minimum Gasteiger partial charge on any atom is -0.313 e. The molecular formula is C13H17BrClN. The van der Waals surface area contributed by atoms with E-state index in [1.54, 1.807) is 0 Å². The Labute approximate surface area is 111 Å². The van der Waals surface area contributed by atoms with Crippen LogP contribution in [-0.2, 0) is 6.54 Å². The van der Waals surface area contributed by atoms with Crippen molar-refractivity contribution in [2.45, 2.75) is 32.2 Å². The van der Waals surface area contributed by atoms with Crippen LogP contribution in [0.15, 0.2) is 22.7 Å². The van der Waals surface area contributed by atoms with Gasteiger partial charge in [-0.1, -0.05) is 40.4 Å². The summed E-state index contributed by atoms with van der Waals surface area (Å²) in [6, 6.07) is 5.92. The first-order valence-corrected chi connectivity index (χ1v) is 7.07. The van der Waals surface area contributed by atoms with E-state index in [2.05, 4.69) is 21.2 Å². The van der Waals surface area contributed by atoms with E-state index in [0.29, 0.717) is 0 Å². The van der Waals surface area contributed by atoms with Crippen LogP contribution in [0.3, 0.4) is 0 Å². The Morgan fingerprint density at radius 3 is 2.94 bits per heavy atom. The van der Waals surface area contributed by atoms with Gasteiger partial charge in [0.2, 0.25) is 0 Å². The van der Waals surface area contributed by atoms with Gasteiger partial charge in [0.25, 0.3) is 0 Å². The molecule has 1 fully saturated rings. The monoisotopic (exact) mass is 301 g/mol. The molecule has 0 saturated heterocycles. The smallest absolute Gasteiger partial charge is 0.0410 e. The van der Waals surface area contributed by atoms with E-state index in [1.807, 2.05) is 18.2 Å². The molecule has 0 radical (unpaired) electrons. The van der Waals surface area contributed by atoms with Crippen molar-refractivity contribution < 1.29 is 0 Å². The van der Waals surface area contributed by atoms with E-state index in [9.17, 15) is 0 Å². The average Bonchev–Trinajstić information content (AvgIpc) is 3.06. The van der Waals surface area contributed by atoms with Crippen molar-refractivity contribution in [3.63, 3.8) is 0 Å². The predicted molar refractivity (Wildman–Crippen MR) is 72.8 cm³/mol. The normalized spacial score (nSPS) is 15.4. The fraction of sp³-hybridized carbons (Fsp3) is 0.538. The molecule has 0 unspecified atom stereocenters. The van der Waals surface area contributed by atoms with Crippen LogP contribution in [-0.4, -0.2) is 6.54 Å². The molecule has 0 bridgehead atoms. The molecule has 1 aromatic carbocycles. The average molecular weight is 303 g/mol. The van der Waals surface area contributed by atoms with Gasteiger partial charge in [-0.2, -0.15) is 0 Å². The third-order valence-electron chi connectivity index (χ3n) is 2.99. The van der Waals surface area contributed by atoms with Crippen molar-refractivity contribution in [2.24, 2.45) is 5.92 Å². The molecule has 0 aliphatic heterocycles. The van der Waals surface area contributed by atoms with Crippen molar-refractivity contribution in [3.05, 3.63) is 33.3 Å². The summed E-state index contributed by atoms with van der Waals surface area (Å²) in [5.74, 6) is 1.04. The molecule has 1 saturated carbocycles. The lowest BCUT2D eigenvalue weighted by Gasteiger charge is -2.07. The summed E-state index contributed by atoms with van der Waals surface area (Å²) in [5.41, 5.74) is 1.24. The molecule has 1 aliphatic rings. The number of hydrogen-bond donors (Lipinski definition) is 1. The summed E-state index contributed by atoms with van der Waals surface area (Å²) in [4.78, 5) is 0. The van der Waals surface area contributed by atoms with Crippen LogP contribution >= 0.6 is 27.5 Å². The second kappa shape index (κ2) is 6.04. The molecule has 0 spiro atoms.